The molecule has 0 bridgehead atoms. The van der Waals surface area contributed by atoms with Crippen molar-refractivity contribution in [3.63, 3.8) is 0 Å². The standard InChI is InChI=1S/C16H7Cl3N2OS2/c17-8-5-6-9(18)13-12(8)20-16(24-13)21-15(22)14-11(19)7-3-1-2-4-10(7)23-14/h1-6H,(H,20,21,22). The van der Waals surface area contributed by atoms with E-state index in [9.17, 15) is 4.79 Å². The first-order chi connectivity index (χ1) is 11.5. The Kier molecular flexibility index (Phi) is 4.14. The number of nitrogens with one attached hydrogen (secondary N) is 1. The lowest BCUT2D eigenvalue weighted by Crippen LogP contribution is -2.10. The molecule has 0 saturated heterocycles. The Balaban J connectivity index is 1.72. The average molecular weight is 414 g/mol. The highest BCUT2D eigenvalue weighted by atomic mass is 35.5. The Morgan fingerprint density at radius 2 is 1.75 bits per heavy atom. The minimum Gasteiger partial charge on any atom is -0.297 e. The van der Waals surface area contributed by atoms with Crippen molar-refractivity contribution in [2.45, 2.75) is 0 Å². The van der Waals surface area contributed by atoms with Crippen LogP contribution in [0.2, 0.25) is 15.1 Å². The van der Waals surface area contributed by atoms with E-state index in [1.807, 2.05) is 24.3 Å². The molecule has 0 unspecified atom stereocenters. The van der Waals surface area contributed by atoms with Gasteiger partial charge in [-0.15, -0.1) is 11.3 Å². The van der Waals surface area contributed by atoms with Crippen LogP contribution in [-0.2, 0) is 0 Å². The Morgan fingerprint density at radius 3 is 2.50 bits per heavy atom. The third kappa shape index (κ3) is 2.66. The molecule has 0 aliphatic rings. The van der Waals surface area contributed by atoms with Gasteiger partial charge in [-0.25, -0.2) is 4.98 Å². The van der Waals surface area contributed by atoms with Gasteiger partial charge in [-0.1, -0.05) is 64.3 Å². The molecule has 0 fully saturated rings. The monoisotopic (exact) mass is 412 g/mol. The second kappa shape index (κ2) is 6.17. The van der Waals surface area contributed by atoms with Crippen LogP contribution in [-0.4, -0.2) is 10.9 Å². The second-order valence-electron chi connectivity index (χ2n) is 4.92. The smallest absolute Gasteiger partial charge is 0.269 e. The number of thiophene rings is 1. The molecule has 2 aromatic heterocycles. The number of carbonyl (C=O) groups excluding carboxylic acids is 1. The van der Waals surface area contributed by atoms with Gasteiger partial charge in [-0.2, -0.15) is 0 Å². The maximum absolute atomic E-state index is 12.6. The van der Waals surface area contributed by atoms with Crippen LogP contribution < -0.4 is 5.32 Å². The Labute approximate surface area is 159 Å². The van der Waals surface area contributed by atoms with Crippen LogP contribution in [0.5, 0.6) is 0 Å². The van der Waals surface area contributed by atoms with Gasteiger partial charge in [0.1, 0.15) is 10.4 Å². The third-order valence-electron chi connectivity index (χ3n) is 3.41. The van der Waals surface area contributed by atoms with Crippen LogP contribution in [0.4, 0.5) is 5.13 Å². The van der Waals surface area contributed by atoms with E-state index >= 15 is 0 Å². The maximum atomic E-state index is 12.6. The first-order valence-electron chi connectivity index (χ1n) is 6.77. The number of benzene rings is 2. The fourth-order valence-corrected chi connectivity index (χ4v) is 5.14. The first kappa shape index (κ1) is 16.1. The van der Waals surface area contributed by atoms with E-state index < -0.39 is 0 Å². The van der Waals surface area contributed by atoms with Crippen molar-refractivity contribution >= 4 is 88.8 Å². The largest absolute Gasteiger partial charge is 0.297 e. The van der Waals surface area contributed by atoms with Crippen molar-refractivity contribution in [2.75, 3.05) is 5.32 Å². The Hall–Kier alpha value is -1.37. The number of hydrogen-bond acceptors (Lipinski definition) is 4. The number of carbonyl (C=O) groups is 1. The number of aromatic nitrogens is 1. The quantitative estimate of drug-likeness (QED) is 0.396. The second-order valence-corrected chi connectivity index (χ2v) is 8.17. The molecule has 0 spiro atoms. The molecule has 8 heteroatoms. The minimum atomic E-state index is -0.299. The van der Waals surface area contributed by atoms with Crippen molar-refractivity contribution in [3.8, 4) is 0 Å². The number of halogens is 3. The molecule has 2 heterocycles. The average Bonchev–Trinajstić information content (AvgIpc) is 3.14. The summed E-state index contributed by atoms with van der Waals surface area (Å²) in [5.41, 5.74) is 0.576. The van der Waals surface area contributed by atoms with Crippen LogP contribution >= 0.6 is 57.5 Å². The van der Waals surface area contributed by atoms with Crippen molar-refractivity contribution < 1.29 is 4.79 Å². The number of rotatable bonds is 2. The van der Waals surface area contributed by atoms with Gasteiger partial charge in [0.2, 0.25) is 0 Å². The van der Waals surface area contributed by atoms with Gasteiger partial charge in [0.15, 0.2) is 5.13 Å². The van der Waals surface area contributed by atoms with Gasteiger partial charge in [-0.3, -0.25) is 10.1 Å². The molecule has 0 radical (unpaired) electrons. The van der Waals surface area contributed by atoms with E-state index in [4.69, 9.17) is 34.8 Å². The number of fused-ring (bicyclic) bond motifs is 2. The molecule has 1 N–H and O–H groups in total. The lowest BCUT2D eigenvalue weighted by molar-refractivity contribution is 0.103. The summed E-state index contributed by atoms with van der Waals surface area (Å²) < 4.78 is 1.70. The summed E-state index contributed by atoms with van der Waals surface area (Å²) in [5, 5.41) is 5.57. The van der Waals surface area contributed by atoms with Gasteiger partial charge in [0.25, 0.3) is 5.91 Å². The lowest BCUT2D eigenvalue weighted by Gasteiger charge is -1.98. The molecule has 0 atom stereocenters. The summed E-state index contributed by atoms with van der Waals surface area (Å²) in [5.74, 6) is -0.299. The first-order valence-corrected chi connectivity index (χ1v) is 9.54. The van der Waals surface area contributed by atoms with E-state index in [-0.39, 0.29) is 5.91 Å². The third-order valence-corrected chi connectivity index (χ3v) is 6.82. The molecular weight excluding hydrogens is 407 g/mol. The normalized spacial score (nSPS) is 11.3. The number of amides is 1. The van der Waals surface area contributed by atoms with Gasteiger partial charge in [0.05, 0.1) is 19.8 Å². The molecule has 0 aliphatic carbocycles. The predicted octanol–water partition coefficient (Wildman–Crippen LogP) is 6.72. The van der Waals surface area contributed by atoms with Crippen LogP contribution in [0.25, 0.3) is 20.3 Å². The van der Waals surface area contributed by atoms with E-state index in [1.54, 1.807) is 12.1 Å². The fraction of sp³-hybridized carbons (Fsp3) is 0. The van der Waals surface area contributed by atoms with Gasteiger partial charge in [-0.05, 0) is 18.2 Å². The lowest BCUT2D eigenvalue weighted by atomic mass is 10.2. The zero-order chi connectivity index (χ0) is 16.8. The van der Waals surface area contributed by atoms with Gasteiger partial charge in [0, 0.05) is 10.1 Å². The van der Waals surface area contributed by atoms with E-state index in [0.717, 1.165) is 14.8 Å². The molecule has 0 aliphatic heterocycles. The van der Waals surface area contributed by atoms with Gasteiger partial charge >= 0.3 is 0 Å². The van der Waals surface area contributed by atoms with Crippen LogP contribution in [0.15, 0.2) is 36.4 Å². The molecule has 4 aromatic rings. The van der Waals surface area contributed by atoms with Gasteiger partial charge < -0.3 is 0 Å². The predicted molar refractivity (Wildman–Crippen MR) is 104 cm³/mol. The topological polar surface area (TPSA) is 42.0 Å². The maximum Gasteiger partial charge on any atom is 0.269 e. The summed E-state index contributed by atoms with van der Waals surface area (Å²) in [7, 11) is 0. The number of nitrogens with zero attached hydrogens (tertiary/aromatic N) is 1. The molecule has 24 heavy (non-hydrogen) atoms. The molecular formula is C16H7Cl3N2OS2. The summed E-state index contributed by atoms with van der Waals surface area (Å²) >= 11 is 21.2. The molecule has 2 aromatic carbocycles. The van der Waals surface area contributed by atoms with Crippen LogP contribution in [0.1, 0.15) is 9.67 Å². The van der Waals surface area contributed by atoms with Crippen molar-refractivity contribution in [1.82, 2.24) is 4.98 Å². The highest BCUT2D eigenvalue weighted by Crippen LogP contribution is 2.38. The van der Waals surface area contributed by atoms with E-state index in [0.29, 0.717) is 30.6 Å². The fourth-order valence-electron chi connectivity index (χ4n) is 2.31. The van der Waals surface area contributed by atoms with Crippen LogP contribution in [0, 0.1) is 0 Å². The van der Waals surface area contributed by atoms with Crippen LogP contribution in [0.3, 0.4) is 0 Å². The SMILES string of the molecule is O=C(Nc1nc2c(Cl)ccc(Cl)c2s1)c1sc2ccccc2c1Cl. The highest BCUT2D eigenvalue weighted by molar-refractivity contribution is 7.23. The zero-order valence-corrected chi connectivity index (χ0v) is 15.7. The molecule has 3 nitrogen and oxygen atoms in total. The highest BCUT2D eigenvalue weighted by Gasteiger charge is 2.19. The number of anilines is 1. The number of hydrogen-bond donors (Lipinski definition) is 1. The van der Waals surface area contributed by atoms with Crippen molar-refractivity contribution in [1.29, 1.82) is 0 Å². The van der Waals surface area contributed by atoms with Crippen molar-refractivity contribution in [3.05, 3.63) is 56.3 Å². The molecule has 1 amide bonds. The Morgan fingerprint density at radius 1 is 1.00 bits per heavy atom. The summed E-state index contributed by atoms with van der Waals surface area (Å²) in [6.45, 7) is 0. The molecule has 0 saturated carbocycles. The van der Waals surface area contributed by atoms with Crippen molar-refractivity contribution in [2.24, 2.45) is 0 Å². The van der Waals surface area contributed by atoms with E-state index in [1.165, 1.54) is 22.7 Å². The summed E-state index contributed by atoms with van der Waals surface area (Å²) in [6, 6.07) is 11.0. The molecule has 120 valence electrons. The Bertz CT molecular complexity index is 1060. The minimum absolute atomic E-state index is 0.299. The summed E-state index contributed by atoms with van der Waals surface area (Å²) in [4.78, 5) is 17.4. The zero-order valence-electron chi connectivity index (χ0n) is 11.8. The molecule has 4 rings (SSSR count). The summed E-state index contributed by atoms with van der Waals surface area (Å²) in [6.07, 6.45) is 0. The van der Waals surface area contributed by atoms with E-state index in [2.05, 4.69) is 10.3 Å². The number of thiazole rings is 1.